The number of aromatic carboxylic acids is 1. The van der Waals surface area contributed by atoms with Gasteiger partial charge in [-0.3, -0.25) is 4.21 Å². The van der Waals surface area contributed by atoms with Crippen LogP contribution in [0.15, 0.2) is 6.07 Å². The molecule has 0 amide bonds. The van der Waals surface area contributed by atoms with E-state index in [9.17, 15) is 9.00 Å². The van der Waals surface area contributed by atoms with Gasteiger partial charge in [-0.05, 0) is 25.5 Å². The van der Waals surface area contributed by atoms with E-state index in [2.05, 4.69) is 10.3 Å². The second-order valence-electron chi connectivity index (χ2n) is 3.97. The topological polar surface area (TPSA) is 79.3 Å². The zero-order valence-corrected chi connectivity index (χ0v) is 11.6. The predicted octanol–water partition coefficient (Wildman–Crippen LogP) is 1.58. The molecule has 0 aliphatic rings. The highest BCUT2D eigenvalue weighted by Gasteiger charge is 2.15. The molecule has 18 heavy (non-hydrogen) atoms. The Bertz CT molecular complexity index is 475. The van der Waals surface area contributed by atoms with Gasteiger partial charge in [0.25, 0.3) is 0 Å². The molecule has 5 nitrogen and oxygen atoms in total. The van der Waals surface area contributed by atoms with E-state index in [1.54, 1.807) is 13.0 Å². The van der Waals surface area contributed by atoms with Gasteiger partial charge < -0.3 is 10.4 Å². The standard InChI is InChI=1S/C12H18N2O3S/c1-4-18(17)6-5-13-11-10(12(15)16)8(2)7-9(3)14-11/h7H,4-6H2,1-3H3,(H,13,14)(H,15,16). The lowest BCUT2D eigenvalue weighted by Gasteiger charge is -2.11. The van der Waals surface area contributed by atoms with Gasteiger partial charge in [-0.2, -0.15) is 0 Å². The second kappa shape index (κ2) is 6.49. The van der Waals surface area contributed by atoms with Crippen LogP contribution in [0.5, 0.6) is 0 Å². The summed E-state index contributed by atoms with van der Waals surface area (Å²) in [5.41, 5.74) is 1.62. The second-order valence-corrected chi connectivity index (χ2v) is 5.83. The quantitative estimate of drug-likeness (QED) is 0.820. The van der Waals surface area contributed by atoms with Crippen molar-refractivity contribution in [2.45, 2.75) is 20.8 Å². The molecule has 6 heteroatoms. The van der Waals surface area contributed by atoms with Crippen molar-refractivity contribution in [3.8, 4) is 0 Å². The summed E-state index contributed by atoms with van der Waals surface area (Å²) in [4.78, 5) is 15.4. The van der Waals surface area contributed by atoms with Crippen LogP contribution >= 0.6 is 0 Å². The summed E-state index contributed by atoms with van der Waals surface area (Å²) in [5.74, 6) is 0.449. The molecule has 0 aliphatic heterocycles. The van der Waals surface area contributed by atoms with Crippen molar-refractivity contribution in [1.29, 1.82) is 0 Å². The zero-order valence-electron chi connectivity index (χ0n) is 10.8. The predicted molar refractivity (Wildman–Crippen MR) is 72.7 cm³/mol. The minimum Gasteiger partial charge on any atom is -0.478 e. The lowest BCUT2D eigenvalue weighted by molar-refractivity contribution is 0.0697. The minimum atomic E-state index is -1.00. The first-order valence-electron chi connectivity index (χ1n) is 5.76. The van der Waals surface area contributed by atoms with E-state index in [4.69, 9.17) is 5.11 Å². The summed E-state index contributed by atoms with van der Waals surface area (Å²) in [5, 5.41) is 12.1. The Balaban J connectivity index is 2.87. The highest BCUT2D eigenvalue weighted by Crippen LogP contribution is 2.18. The van der Waals surface area contributed by atoms with E-state index in [1.807, 2.05) is 13.8 Å². The number of rotatable bonds is 6. The SMILES string of the molecule is CCS(=O)CCNc1nc(C)cc(C)c1C(=O)O. The third-order valence-corrected chi connectivity index (χ3v) is 3.81. The summed E-state index contributed by atoms with van der Waals surface area (Å²) >= 11 is 0. The molecule has 1 atom stereocenters. The fourth-order valence-corrected chi connectivity index (χ4v) is 2.28. The lowest BCUT2D eigenvalue weighted by Crippen LogP contribution is -2.16. The molecule has 1 aromatic heterocycles. The van der Waals surface area contributed by atoms with Crippen molar-refractivity contribution in [2.75, 3.05) is 23.4 Å². The van der Waals surface area contributed by atoms with Gasteiger partial charge in [-0.25, -0.2) is 9.78 Å². The number of aromatic nitrogens is 1. The summed E-state index contributed by atoms with van der Waals surface area (Å²) in [6.07, 6.45) is 0. The van der Waals surface area contributed by atoms with Crippen molar-refractivity contribution < 1.29 is 14.1 Å². The minimum absolute atomic E-state index is 0.183. The first-order chi connectivity index (χ1) is 8.45. The van der Waals surface area contributed by atoms with E-state index in [0.717, 1.165) is 5.69 Å². The van der Waals surface area contributed by atoms with Crippen LogP contribution in [0.4, 0.5) is 5.82 Å². The van der Waals surface area contributed by atoms with E-state index >= 15 is 0 Å². The molecule has 2 N–H and O–H groups in total. The summed E-state index contributed by atoms with van der Waals surface area (Å²) < 4.78 is 11.3. The zero-order chi connectivity index (χ0) is 13.7. The largest absolute Gasteiger partial charge is 0.478 e. The van der Waals surface area contributed by atoms with Crippen LogP contribution in [0.2, 0.25) is 0 Å². The molecule has 0 saturated heterocycles. The number of carboxylic acid groups (broad SMARTS) is 1. The smallest absolute Gasteiger partial charge is 0.339 e. The Labute approximate surface area is 109 Å². The van der Waals surface area contributed by atoms with Crippen LogP contribution in [0, 0.1) is 13.8 Å². The number of nitrogens with one attached hydrogen (secondary N) is 1. The van der Waals surface area contributed by atoms with Crippen molar-refractivity contribution in [3.05, 3.63) is 22.9 Å². The van der Waals surface area contributed by atoms with Crippen molar-refractivity contribution in [1.82, 2.24) is 4.98 Å². The highest BCUT2D eigenvalue weighted by molar-refractivity contribution is 7.84. The number of pyridine rings is 1. The van der Waals surface area contributed by atoms with Crippen LogP contribution in [0.25, 0.3) is 0 Å². The Morgan fingerprint density at radius 2 is 2.17 bits per heavy atom. The highest BCUT2D eigenvalue weighted by atomic mass is 32.2. The molecule has 0 aromatic carbocycles. The average molecular weight is 270 g/mol. The fraction of sp³-hybridized carbons (Fsp3) is 0.500. The summed E-state index contributed by atoms with van der Waals surface area (Å²) in [6.45, 7) is 5.87. The van der Waals surface area contributed by atoms with Gasteiger partial charge in [0.2, 0.25) is 0 Å². The Morgan fingerprint density at radius 3 is 2.72 bits per heavy atom. The van der Waals surface area contributed by atoms with Gasteiger partial charge in [0, 0.05) is 34.5 Å². The molecule has 0 saturated carbocycles. The van der Waals surface area contributed by atoms with Gasteiger partial charge in [-0.15, -0.1) is 0 Å². The first kappa shape index (κ1) is 14.6. The van der Waals surface area contributed by atoms with Gasteiger partial charge in [0.05, 0.1) is 0 Å². The molecule has 100 valence electrons. The third-order valence-electron chi connectivity index (χ3n) is 2.50. The molecule has 0 aliphatic carbocycles. The number of aryl methyl sites for hydroxylation is 2. The van der Waals surface area contributed by atoms with Crippen molar-refractivity contribution >= 4 is 22.6 Å². The van der Waals surface area contributed by atoms with Gasteiger partial charge >= 0.3 is 5.97 Å². The number of nitrogens with zero attached hydrogens (tertiary/aromatic N) is 1. The molecule has 1 heterocycles. The Hall–Kier alpha value is -1.43. The van der Waals surface area contributed by atoms with Crippen LogP contribution in [0.1, 0.15) is 28.5 Å². The van der Waals surface area contributed by atoms with E-state index < -0.39 is 16.8 Å². The third kappa shape index (κ3) is 3.80. The Morgan fingerprint density at radius 1 is 1.50 bits per heavy atom. The molecule has 0 fully saturated rings. The molecular formula is C12H18N2O3S. The number of carboxylic acids is 1. The monoisotopic (exact) mass is 270 g/mol. The molecule has 1 rings (SSSR count). The molecule has 1 aromatic rings. The summed E-state index contributed by atoms with van der Waals surface area (Å²) in [6, 6.07) is 1.73. The van der Waals surface area contributed by atoms with Crippen LogP contribution in [0.3, 0.4) is 0 Å². The fourth-order valence-electron chi connectivity index (χ4n) is 1.66. The van der Waals surface area contributed by atoms with E-state index in [1.165, 1.54) is 0 Å². The maximum absolute atomic E-state index is 11.3. The van der Waals surface area contributed by atoms with Crippen LogP contribution < -0.4 is 5.32 Å². The van der Waals surface area contributed by atoms with Crippen molar-refractivity contribution in [3.63, 3.8) is 0 Å². The maximum atomic E-state index is 11.3. The van der Waals surface area contributed by atoms with Crippen LogP contribution in [-0.2, 0) is 10.8 Å². The number of hydrogen-bond acceptors (Lipinski definition) is 4. The molecule has 0 radical (unpaired) electrons. The number of anilines is 1. The number of carbonyl (C=O) groups is 1. The maximum Gasteiger partial charge on any atom is 0.339 e. The number of hydrogen-bond donors (Lipinski definition) is 2. The van der Waals surface area contributed by atoms with Gasteiger partial charge in [-0.1, -0.05) is 6.92 Å². The van der Waals surface area contributed by atoms with Crippen LogP contribution in [-0.4, -0.2) is 38.3 Å². The summed E-state index contributed by atoms with van der Waals surface area (Å²) in [7, 11) is -0.866. The Kier molecular flexibility index (Phi) is 5.27. The molecule has 1 unspecified atom stereocenters. The molecular weight excluding hydrogens is 252 g/mol. The van der Waals surface area contributed by atoms with Crippen molar-refractivity contribution in [2.24, 2.45) is 0 Å². The van der Waals surface area contributed by atoms with Gasteiger partial charge in [0.15, 0.2) is 0 Å². The normalized spacial score (nSPS) is 12.2. The molecule has 0 spiro atoms. The lowest BCUT2D eigenvalue weighted by atomic mass is 10.1. The first-order valence-corrected chi connectivity index (χ1v) is 7.25. The van der Waals surface area contributed by atoms with E-state index in [-0.39, 0.29) is 5.56 Å². The van der Waals surface area contributed by atoms with Gasteiger partial charge in [0.1, 0.15) is 11.4 Å². The average Bonchev–Trinajstić information content (AvgIpc) is 2.27. The molecule has 0 bridgehead atoms. The van der Waals surface area contributed by atoms with E-state index in [0.29, 0.717) is 29.4 Å².